The minimum Gasteiger partial charge on any atom is -0.504 e. The molecule has 0 saturated heterocycles. The monoisotopic (exact) mass is 275 g/mol. The van der Waals surface area contributed by atoms with Gasteiger partial charge in [0.15, 0.2) is 11.5 Å². The highest BCUT2D eigenvalue weighted by Gasteiger charge is 2.12. The molecule has 0 radical (unpaired) electrons. The predicted octanol–water partition coefficient (Wildman–Crippen LogP) is 1.03. The number of hydrogen-bond acceptors (Lipinski definition) is 4. The first kappa shape index (κ1) is 12.3. The van der Waals surface area contributed by atoms with Crippen molar-refractivity contribution < 1.29 is 14.9 Å². The van der Waals surface area contributed by atoms with Crippen LogP contribution in [-0.2, 0) is 6.42 Å². The van der Waals surface area contributed by atoms with Crippen LogP contribution in [0.1, 0.15) is 5.56 Å². The summed E-state index contributed by atoms with van der Waals surface area (Å²) in [5.41, 5.74) is 6.25. The minimum atomic E-state index is -0.380. The highest BCUT2D eigenvalue weighted by molar-refractivity contribution is 9.10. The summed E-state index contributed by atoms with van der Waals surface area (Å²) in [5.74, 6) is 0.467. The average Bonchev–Trinajstić information content (AvgIpc) is 2.22. The number of methoxy groups -OCH3 is 1. The molecular formula is C10H14BrNO3. The first-order chi connectivity index (χ1) is 7.08. The smallest absolute Gasteiger partial charge is 0.161 e. The summed E-state index contributed by atoms with van der Waals surface area (Å²) in [6, 6.07) is 3.05. The van der Waals surface area contributed by atoms with Crippen LogP contribution in [0.15, 0.2) is 16.6 Å². The van der Waals surface area contributed by atoms with Gasteiger partial charge in [0, 0.05) is 16.1 Å². The largest absolute Gasteiger partial charge is 0.504 e. The molecule has 0 saturated carbocycles. The van der Waals surface area contributed by atoms with Gasteiger partial charge in [0.25, 0.3) is 0 Å². The number of nitrogens with two attached hydrogens (primary N) is 1. The molecule has 15 heavy (non-hydrogen) atoms. The maximum absolute atomic E-state index is 9.77. The zero-order valence-electron chi connectivity index (χ0n) is 8.40. The molecule has 0 spiro atoms. The Labute approximate surface area is 96.8 Å². The summed E-state index contributed by atoms with van der Waals surface area (Å²) >= 11 is 3.31. The lowest BCUT2D eigenvalue weighted by atomic mass is 10.1. The van der Waals surface area contributed by atoms with Crippen molar-refractivity contribution in [3.05, 3.63) is 22.2 Å². The van der Waals surface area contributed by atoms with Gasteiger partial charge >= 0.3 is 0 Å². The fourth-order valence-corrected chi connectivity index (χ4v) is 1.77. The Morgan fingerprint density at radius 2 is 2.20 bits per heavy atom. The van der Waals surface area contributed by atoms with E-state index in [4.69, 9.17) is 15.6 Å². The quantitative estimate of drug-likeness (QED) is 0.767. The normalized spacial score (nSPS) is 12.5. The van der Waals surface area contributed by atoms with Gasteiger partial charge in [-0.15, -0.1) is 0 Å². The number of aromatic hydroxyl groups is 1. The van der Waals surface area contributed by atoms with Gasteiger partial charge < -0.3 is 20.7 Å². The second-order valence-corrected chi connectivity index (χ2v) is 4.18. The minimum absolute atomic E-state index is 0.0737. The van der Waals surface area contributed by atoms with Gasteiger partial charge in [-0.2, -0.15) is 0 Å². The molecule has 0 heterocycles. The summed E-state index contributed by atoms with van der Waals surface area (Å²) in [5, 5.41) is 18.6. The van der Waals surface area contributed by atoms with Gasteiger partial charge in [0.05, 0.1) is 13.7 Å². The molecule has 4 N–H and O–H groups in total. The highest BCUT2D eigenvalue weighted by atomic mass is 79.9. The third-order valence-corrected chi connectivity index (χ3v) is 2.51. The molecule has 0 aliphatic carbocycles. The summed E-state index contributed by atoms with van der Waals surface area (Å²) in [7, 11) is 1.48. The Hall–Kier alpha value is -0.780. The van der Waals surface area contributed by atoms with Crippen LogP contribution in [0.3, 0.4) is 0 Å². The molecule has 0 bridgehead atoms. The van der Waals surface area contributed by atoms with Crippen LogP contribution in [0.2, 0.25) is 0 Å². The lowest BCUT2D eigenvalue weighted by molar-refractivity contribution is 0.264. The van der Waals surface area contributed by atoms with Gasteiger partial charge in [-0.3, -0.25) is 0 Å². The fraction of sp³-hybridized carbons (Fsp3) is 0.400. The lowest BCUT2D eigenvalue weighted by Crippen LogP contribution is -2.26. The second-order valence-electron chi connectivity index (χ2n) is 3.26. The van der Waals surface area contributed by atoms with E-state index in [9.17, 15) is 5.11 Å². The van der Waals surface area contributed by atoms with Crippen LogP contribution >= 0.6 is 15.9 Å². The van der Waals surface area contributed by atoms with Crippen molar-refractivity contribution in [1.82, 2.24) is 0 Å². The van der Waals surface area contributed by atoms with E-state index in [1.54, 1.807) is 12.1 Å². The third kappa shape index (κ3) is 3.09. The SMILES string of the molecule is COc1cc(Br)cc(CC(N)CO)c1O. The Kier molecular flexibility index (Phi) is 4.38. The Morgan fingerprint density at radius 1 is 1.53 bits per heavy atom. The highest BCUT2D eigenvalue weighted by Crippen LogP contribution is 2.33. The number of rotatable bonds is 4. The number of hydrogen-bond donors (Lipinski definition) is 3. The zero-order chi connectivity index (χ0) is 11.4. The molecule has 1 atom stereocenters. The van der Waals surface area contributed by atoms with E-state index >= 15 is 0 Å². The summed E-state index contributed by atoms with van der Waals surface area (Å²) in [4.78, 5) is 0. The summed E-state index contributed by atoms with van der Waals surface area (Å²) in [6.07, 6.45) is 0.401. The third-order valence-electron chi connectivity index (χ3n) is 2.06. The van der Waals surface area contributed by atoms with Crippen molar-refractivity contribution in [2.75, 3.05) is 13.7 Å². The first-order valence-electron chi connectivity index (χ1n) is 4.50. The summed E-state index contributed by atoms with van der Waals surface area (Å²) < 4.78 is 5.80. The van der Waals surface area contributed by atoms with Crippen molar-refractivity contribution >= 4 is 15.9 Å². The van der Waals surface area contributed by atoms with E-state index in [0.29, 0.717) is 17.7 Å². The molecule has 1 aromatic rings. The van der Waals surface area contributed by atoms with E-state index < -0.39 is 0 Å². The van der Waals surface area contributed by atoms with E-state index in [1.165, 1.54) is 7.11 Å². The Bertz CT molecular complexity index is 344. The number of ether oxygens (including phenoxy) is 1. The molecule has 0 aliphatic rings. The molecular weight excluding hydrogens is 262 g/mol. The molecule has 0 aromatic heterocycles. The maximum Gasteiger partial charge on any atom is 0.161 e. The van der Waals surface area contributed by atoms with E-state index in [-0.39, 0.29) is 18.4 Å². The van der Waals surface area contributed by atoms with Crippen LogP contribution in [0.5, 0.6) is 11.5 Å². The van der Waals surface area contributed by atoms with Gasteiger partial charge in [-0.1, -0.05) is 15.9 Å². The number of benzene rings is 1. The van der Waals surface area contributed by atoms with Crippen molar-refractivity contribution in [3.8, 4) is 11.5 Å². The molecule has 1 rings (SSSR count). The maximum atomic E-state index is 9.77. The standard InChI is InChI=1S/C10H14BrNO3/c1-15-9-4-7(11)2-6(10(9)14)3-8(12)5-13/h2,4,8,13-14H,3,5,12H2,1H3. The molecule has 1 aromatic carbocycles. The number of halogens is 1. The predicted molar refractivity (Wildman–Crippen MR) is 61.1 cm³/mol. The zero-order valence-corrected chi connectivity index (χ0v) is 9.99. The second kappa shape index (κ2) is 5.34. The van der Waals surface area contributed by atoms with E-state index in [0.717, 1.165) is 4.47 Å². The van der Waals surface area contributed by atoms with Crippen molar-refractivity contribution in [2.45, 2.75) is 12.5 Å². The van der Waals surface area contributed by atoms with E-state index in [1.807, 2.05) is 0 Å². The molecule has 0 amide bonds. The Morgan fingerprint density at radius 3 is 2.73 bits per heavy atom. The molecule has 0 fully saturated rings. The van der Waals surface area contributed by atoms with Crippen LogP contribution in [0.25, 0.3) is 0 Å². The Balaban J connectivity index is 3.01. The van der Waals surface area contributed by atoms with Crippen LogP contribution in [0, 0.1) is 0 Å². The van der Waals surface area contributed by atoms with Gasteiger partial charge in [0.2, 0.25) is 0 Å². The number of phenolic OH excluding ortho intramolecular Hbond substituents is 1. The van der Waals surface area contributed by atoms with Crippen LogP contribution < -0.4 is 10.5 Å². The van der Waals surface area contributed by atoms with Crippen molar-refractivity contribution in [2.24, 2.45) is 5.73 Å². The topological polar surface area (TPSA) is 75.7 Å². The van der Waals surface area contributed by atoms with Crippen LogP contribution in [0.4, 0.5) is 0 Å². The number of phenols is 1. The number of aliphatic hydroxyl groups is 1. The van der Waals surface area contributed by atoms with Crippen molar-refractivity contribution in [3.63, 3.8) is 0 Å². The molecule has 84 valence electrons. The molecule has 1 unspecified atom stereocenters. The first-order valence-corrected chi connectivity index (χ1v) is 5.29. The van der Waals surface area contributed by atoms with Crippen molar-refractivity contribution in [1.29, 1.82) is 0 Å². The van der Waals surface area contributed by atoms with Gasteiger partial charge in [0.1, 0.15) is 0 Å². The van der Waals surface area contributed by atoms with E-state index in [2.05, 4.69) is 15.9 Å². The average molecular weight is 276 g/mol. The molecule has 5 heteroatoms. The van der Waals surface area contributed by atoms with Gasteiger partial charge in [-0.25, -0.2) is 0 Å². The molecule has 0 aliphatic heterocycles. The number of aliphatic hydroxyl groups excluding tert-OH is 1. The van der Waals surface area contributed by atoms with Gasteiger partial charge in [-0.05, 0) is 18.6 Å². The summed E-state index contributed by atoms with van der Waals surface area (Å²) in [6.45, 7) is -0.117. The lowest BCUT2D eigenvalue weighted by Gasteiger charge is -2.12. The molecule has 4 nitrogen and oxygen atoms in total. The van der Waals surface area contributed by atoms with Crippen LogP contribution in [-0.4, -0.2) is 30.0 Å². The fourth-order valence-electron chi connectivity index (χ4n) is 1.29.